The molecule has 1 aromatic carbocycles. The number of hydrogen-bond acceptors (Lipinski definition) is 3. The molecule has 0 bridgehead atoms. The first-order valence-electron chi connectivity index (χ1n) is 5.25. The van der Waals surface area contributed by atoms with Crippen LogP contribution in [0.1, 0.15) is 11.3 Å². The molecule has 0 unspecified atom stereocenters. The number of rotatable bonds is 3. The van der Waals surface area contributed by atoms with E-state index in [1.807, 2.05) is 30.5 Å². The van der Waals surface area contributed by atoms with Crippen molar-refractivity contribution in [2.45, 2.75) is 17.6 Å². The van der Waals surface area contributed by atoms with Gasteiger partial charge in [-0.15, -0.1) is 11.8 Å². The van der Waals surface area contributed by atoms with Crippen LogP contribution in [0.2, 0.25) is 5.02 Å². The summed E-state index contributed by atoms with van der Waals surface area (Å²) in [4.78, 5) is 5.46. The van der Waals surface area contributed by atoms with Gasteiger partial charge < -0.3 is 5.73 Å². The molecule has 2 aromatic rings. The van der Waals surface area contributed by atoms with Gasteiger partial charge in [0, 0.05) is 16.8 Å². The topological polar surface area (TPSA) is 38.9 Å². The van der Waals surface area contributed by atoms with Crippen molar-refractivity contribution in [1.82, 2.24) is 4.98 Å². The van der Waals surface area contributed by atoms with Crippen molar-refractivity contribution in [3.63, 3.8) is 0 Å². The average Bonchev–Trinajstić information content (AvgIpc) is 2.32. The maximum atomic E-state index is 5.97. The van der Waals surface area contributed by atoms with E-state index in [2.05, 4.69) is 18.0 Å². The number of pyridine rings is 1. The van der Waals surface area contributed by atoms with Crippen LogP contribution in [0.4, 0.5) is 5.69 Å². The Labute approximate surface area is 110 Å². The number of aryl methyl sites for hydroxylation is 1. The predicted molar refractivity (Wildman–Crippen MR) is 74.4 cm³/mol. The Morgan fingerprint density at radius 1 is 1.35 bits per heavy atom. The van der Waals surface area contributed by atoms with Gasteiger partial charge in [0.2, 0.25) is 0 Å². The van der Waals surface area contributed by atoms with E-state index >= 15 is 0 Å². The highest BCUT2D eigenvalue weighted by atomic mass is 35.5. The summed E-state index contributed by atoms with van der Waals surface area (Å²) in [6.45, 7) is 2.07. The molecule has 2 nitrogen and oxygen atoms in total. The molecule has 0 aliphatic heterocycles. The minimum absolute atomic E-state index is 0.604. The third-order valence-electron chi connectivity index (χ3n) is 2.47. The molecule has 88 valence electrons. The monoisotopic (exact) mass is 264 g/mol. The van der Waals surface area contributed by atoms with Crippen LogP contribution in [0.15, 0.2) is 41.4 Å². The number of hydrogen-bond donors (Lipinski definition) is 1. The molecule has 4 heteroatoms. The quantitative estimate of drug-likeness (QED) is 0.675. The van der Waals surface area contributed by atoms with Crippen molar-refractivity contribution in [3.8, 4) is 0 Å². The second-order valence-electron chi connectivity index (χ2n) is 3.74. The normalized spacial score (nSPS) is 10.5. The maximum absolute atomic E-state index is 5.97. The zero-order chi connectivity index (χ0) is 12.3. The lowest BCUT2D eigenvalue weighted by molar-refractivity contribution is 1.13. The van der Waals surface area contributed by atoms with Gasteiger partial charge in [-0.2, -0.15) is 0 Å². The van der Waals surface area contributed by atoms with Crippen molar-refractivity contribution in [1.29, 1.82) is 0 Å². The molecule has 0 spiro atoms. The van der Waals surface area contributed by atoms with E-state index < -0.39 is 0 Å². The highest BCUT2D eigenvalue weighted by molar-refractivity contribution is 7.98. The molecule has 1 aromatic heterocycles. The lowest BCUT2D eigenvalue weighted by Gasteiger charge is -2.05. The molecule has 0 saturated carbocycles. The fourth-order valence-electron chi connectivity index (χ4n) is 1.42. The average molecular weight is 265 g/mol. The van der Waals surface area contributed by atoms with E-state index in [0.717, 1.165) is 16.3 Å². The SMILES string of the molecule is Cc1cccnc1CSc1ccc(N)c(Cl)c1. The van der Waals surface area contributed by atoms with Crippen LogP contribution in [-0.2, 0) is 5.75 Å². The molecule has 1 heterocycles. The number of anilines is 1. The lowest BCUT2D eigenvalue weighted by atomic mass is 10.2. The van der Waals surface area contributed by atoms with Crippen LogP contribution < -0.4 is 5.73 Å². The molecular weight excluding hydrogens is 252 g/mol. The molecular formula is C13H13ClN2S. The van der Waals surface area contributed by atoms with E-state index in [-0.39, 0.29) is 0 Å². The van der Waals surface area contributed by atoms with Gasteiger partial charge in [-0.3, -0.25) is 4.98 Å². The zero-order valence-electron chi connectivity index (χ0n) is 9.48. The molecule has 0 aliphatic carbocycles. The van der Waals surface area contributed by atoms with Gasteiger partial charge in [0.15, 0.2) is 0 Å². The summed E-state index contributed by atoms with van der Waals surface area (Å²) < 4.78 is 0. The predicted octanol–water partition coefficient (Wildman–Crippen LogP) is 3.92. The Morgan fingerprint density at radius 3 is 2.88 bits per heavy atom. The van der Waals surface area contributed by atoms with Gasteiger partial charge in [0.1, 0.15) is 0 Å². The van der Waals surface area contributed by atoms with Gasteiger partial charge in [-0.1, -0.05) is 17.7 Å². The first kappa shape index (κ1) is 12.3. The third kappa shape index (κ3) is 3.14. The molecule has 2 N–H and O–H groups in total. The summed E-state index contributed by atoms with van der Waals surface area (Å²) in [5, 5.41) is 0.604. The van der Waals surface area contributed by atoms with E-state index in [1.54, 1.807) is 11.8 Å². The molecule has 2 rings (SSSR count). The Balaban J connectivity index is 2.08. The van der Waals surface area contributed by atoms with E-state index in [0.29, 0.717) is 10.7 Å². The smallest absolute Gasteiger partial charge is 0.0646 e. The molecule has 0 radical (unpaired) electrons. The standard InChI is InChI=1S/C13H13ClN2S/c1-9-3-2-6-16-13(9)8-17-10-4-5-12(15)11(14)7-10/h2-7H,8,15H2,1H3. The van der Waals surface area contributed by atoms with Crippen LogP contribution in [0.5, 0.6) is 0 Å². The minimum atomic E-state index is 0.604. The minimum Gasteiger partial charge on any atom is -0.398 e. The van der Waals surface area contributed by atoms with E-state index in [4.69, 9.17) is 17.3 Å². The van der Waals surface area contributed by atoms with Crippen molar-refractivity contribution in [2.75, 3.05) is 5.73 Å². The number of aromatic nitrogens is 1. The summed E-state index contributed by atoms with van der Waals surface area (Å²) in [5.41, 5.74) is 8.59. The van der Waals surface area contributed by atoms with Crippen molar-refractivity contribution in [3.05, 3.63) is 52.8 Å². The van der Waals surface area contributed by atoms with Crippen LogP contribution in [0.25, 0.3) is 0 Å². The fraction of sp³-hybridized carbons (Fsp3) is 0.154. The first-order chi connectivity index (χ1) is 8.16. The summed E-state index contributed by atoms with van der Waals surface area (Å²) in [7, 11) is 0. The summed E-state index contributed by atoms with van der Waals surface area (Å²) >= 11 is 7.68. The molecule has 0 aliphatic rings. The Morgan fingerprint density at radius 2 is 2.18 bits per heavy atom. The number of nitrogens with zero attached hydrogens (tertiary/aromatic N) is 1. The first-order valence-corrected chi connectivity index (χ1v) is 6.61. The van der Waals surface area contributed by atoms with Crippen LogP contribution in [0.3, 0.4) is 0 Å². The van der Waals surface area contributed by atoms with Crippen molar-refractivity contribution < 1.29 is 0 Å². The Kier molecular flexibility index (Phi) is 3.92. The summed E-state index contributed by atoms with van der Waals surface area (Å²) in [6, 6.07) is 9.71. The summed E-state index contributed by atoms with van der Waals surface area (Å²) in [5.74, 6) is 0.840. The second kappa shape index (κ2) is 5.43. The second-order valence-corrected chi connectivity index (χ2v) is 5.19. The maximum Gasteiger partial charge on any atom is 0.0646 e. The highest BCUT2D eigenvalue weighted by Crippen LogP contribution is 2.28. The van der Waals surface area contributed by atoms with Gasteiger partial charge in [0.05, 0.1) is 16.4 Å². The number of nitrogens with two attached hydrogens (primary N) is 1. The number of thioether (sulfide) groups is 1. The van der Waals surface area contributed by atoms with Gasteiger partial charge in [-0.25, -0.2) is 0 Å². The largest absolute Gasteiger partial charge is 0.398 e. The number of halogens is 1. The molecule has 0 amide bonds. The Hall–Kier alpha value is -1.19. The zero-order valence-corrected chi connectivity index (χ0v) is 11.1. The highest BCUT2D eigenvalue weighted by Gasteiger charge is 2.02. The number of nitrogen functional groups attached to an aromatic ring is 1. The molecule has 0 saturated heterocycles. The van der Waals surface area contributed by atoms with Gasteiger partial charge in [0.25, 0.3) is 0 Å². The van der Waals surface area contributed by atoms with Crippen LogP contribution in [0, 0.1) is 6.92 Å². The van der Waals surface area contributed by atoms with Crippen molar-refractivity contribution in [2.24, 2.45) is 0 Å². The Bertz CT molecular complexity index is 529. The van der Waals surface area contributed by atoms with E-state index in [1.165, 1.54) is 5.56 Å². The van der Waals surface area contributed by atoms with Gasteiger partial charge >= 0.3 is 0 Å². The number of benzene rings is 1. The molecule has 0 atom stereocenters. The van der Waals surface area contributed by atoms with E-state index in [9.17, 15) is 0 Å². The van der Waals surface area contributed by atoms with Crippen molar-refractivity contribution >= 4 is 29.1 Å². The van der Waals surface area contributed by atoms with Crippen LogP contribution in [-0.4, -0.2) is 4.98 Å². The lowest BCUT2D eigenvalue weighted by Crippen LogP contribution is -1.90. The van der Waals surface area contributed by atoms with Gasteiger partial charge in [-0.05, 0) is 36.8 Å². The molecule has 0 fully saturated rings. The molecule has 17 heavy (non-hydrogen) atoms. The summed E-state index contributed by atoms with van der Waals surface area (Å²) in [6.07, 6.45) is 1.82. The third-order valence-corrected chi connectivity index (χ3v) is 3.80. The van der Waals surface area contributed by atoms with Crippen LogP contribution >= 0.6 is 23.4 Å². The fourth-order valence-corrected chi connectivity index (χ4v) is 2.64.